The fourth-order valence-corrected chi connectivity index (χ4v) is 4.17. The summed E-state index contributed by atoms with van der Waals surface area (Å²) in [5.41, 5.74) is -0.752. The molecular formula is C22H23F6N3O4. The highest BCUT2D eigenvalue weighted by Crippen LogP contribution is 2.38. The largest absolute Gasteiger partial charge is 0.481 e. The van der Waals surface area contributed by atoms with E-state index in [1.807, 2.05) is 0 Å². The van der Waals surface area contributed by atoms with E-state index in [0.717, 1.165) is 12.1 Å². The summed E-state index contributed by atoms with van der Waals surface area (Å²) in [5, 5.41) is 11.5. The first kappa shape index (κ1) is 25.1. The summed E-state index contributed by atoms with van der Waals surface area (Å²) in [7, 11) is 0. The number of ether oxygens (including phenoxy) is 1. The topological polar surface area (TPSA) is 87.8 Å². The third-order valence-electron chi connectivity index (χ3n) is 5.98. The lowest BCUT2D eigenvalue weighted by atomic mass is 10.1. The van der Waals surface area contributed by atoms with Crippen LogP contribution in [0, 0.1) is 11.7 Å². The highest BCUT2D eigenvalue weighted by atomic mass is 19.4. The fourth-order valence-electron chi connectivity index (χ4n) is 4.17. The lowest BCUT2D eigenvalue weighted by Crippen LogP contribution is -2.32. The van der Waals surface area contributed by atoms with Crippen LogP contribution in [-0.4, -0.2) is 53.9 Å². The summed E-state index contributed by atoms with van der Waals surface area (Å²) in [5.74, 6) is -6.39. The molecule has 1 saturated carbocycles. The molecule has 1 aliphatic carbocycles. The van der Waals surface area contributed by atoms with Crippen molar-refractivity contribution in [1.82, 2.24) is 4.98 Å². The predicted molar refractivity (Wildman–Crippen MR) is 111 cm³/mol. The van der Waals surface area contributed by atoms with Crippen LogP contribution in [0.25, 0.3) is 0 Å². The molecule has 2 atom stereocenters. The number of alkyl halides is 5. The average molecular weight is 507 g/mol. The number of amides is 1. The number of aromatic nitrogens is 1. The molecule has 1 aromatic carbocycles. The second kappa shape index (κ2) is 9.59. The lowest BCUT2D eigenvalue weighted by molar-refractivity contribution is -0.130. The van der Waals surface area contributed by atoms with Gasteiger partial charge >= 0.3 is 6.18 Å². The van der Waals surface area contributed by atoms with Crippen LogP contribution in [-0.2, 0) is 6.42 Å². The highest BCUT2D eigenvalue weighted by molar-refractivity contribution is 6.03. The van der Waals surface area contributed by atoms with Gasteiger partial charge < -0.3 is 24.5 Å². The molecule has 2 aliphatic rings. The Labute approximate surface area is 196 Å². The molecule has 2 aromatic rings. The van der Waals surface area contributed by atoms with Crippen LogP contribution in [0.15, 0.2) is 22.6 Å². The number of anilines is 2. The second-order valence-electron chi connectivity index (χ2n) is 8.70. The van der Waals surface area contributed by atoms with Crippen LogP contribution in [0.2, 0.25) is 0 Å². The Balaban J connectivity index is 1.51. The summed E-state index contributed by atoms with van der Waals surface area (Å²) in [6.07, 6.45) is -7.16. The minimum absolute atomic E-state index is 0.0669. The molecule has 1 saturated heterocycles. The molecule has 1 aromatic heterocycles. The molecule has 2 unspecified atom stereocenters. The molecule has 2 heterocycles. The number of hydrogen-bond donors (Lipinski definition) is 2. The van der Waals surface area contributed by atoms with Gasteiger partial charge in [0.15, 0.2) is 23.4 Å². The Kier molecular flexibility index (Phi) is 6.89. The Morgan fingerprint density at radius 2 is 2.09 bits per heavy atom. The normalized spacial score (nSPS) is 22.0. The van der Waals surface area contributed by atoms with Gasteiger partial charge in [-0.15, -0.1) is 0 Å². The van der Waals surface area contributed by atoms with Crippen LogP contribution < -0.4 is 15.0 Å². The van der Waals surface area contributed by atoms with E-state index in [4.69, 9.17) is 9.15 Å². The number of aliphatic hydroxyl groups is 1. The molecule has 2 N–H and O–H groups in total. The monoisotopic (exact) mass is 507 g/mol. The number of hydrogen-bond acceptors (Lipinski definition) is 6. The minimum atomic E-state index is -4.68. The molecule has 35 heavy (non-hydrogen) atoms. The fraction of sp³-hybridized carbons (Fsp3) is 0.545. The van der Waals surface area contributed by atoms with E-state index < -0.39 is 53.6 Å². The van der Waals surface area contributed by atoms with E-state index >= 15 is 0 Å². The average Bonchev–Trinajstić information content (AvgIpc) is 3.47. The standard InChI is InChI=1S/C22H23F6N3O4/c23-14-8-13(3-4-15(14)34-17-2-1-6-21(17,24)25)29-19(33)18-16(9-22(26,27)28)35-20(30-18)31-7-5-12(10-31)11-32/h3-4,8,12,17,32H,1-2,5-7,9-11H2,(H,29,33). The molecule has 0 radical (unpaired) electrons. The van der Waals surface area contributed by atoms with E-state index in [1.165, 1.54) is 11.0 Å². The Morgan fingerprint density at radius 1 is 1.31 bits per heavy atom. The van der Waals surface area contributed by atoms with E-state index in [0.29, 0.717) is 19.5 Å². The van der Waals surface area contributed by atoms with Gasteiger partial charge in [-0.3, -0.25) is 4.79 Å². The Hall–Kier alpha value is -2.96. The Bertz CT molecular complexity index is 1070. The summed E-state index contributed by atoms with van der Waals surface area (Å²) >= 11 is 0. The molecular weight excluding hydrogens is 484 g/mol. The first-order valence-electron chi connectivity index (χ1n) is 11.0. The summed E-state index contributed by atoms with van der Waals surface area (Å²) in [6, 6.07) is 2.87. The molecule has 0 bridgehead atoms. The van der Waals surface area contributed by atoms with Gasteiger partial charge in [0, 0.05) is 43.8 Å². The number of rotatable bonds is 7. The van der Waals surface area contributed by atoms with Crippen molar-refractivity contribution >= 4 is 17.6 Å². The number of nitrogens with zero attached hydrogens (tertiary/aromatic N) is 2. The number of aliphatic hydroxyl groups excluding tert-OH is 1. The van der Waals surface area contributed by atoms with Gasteiger partial charge in [0.2, 0.25) is 0 Å². The van der Waals surface area contributed by atoms with Crippen molar-refractivity contribution in [1.29, 1.82) is 0 Å². The van der Waals surface area contributed by atoms with E-state index in [2.05, 4.69) is 10.3 Å². The number of nitrogens with one attached hydrogen (secondary N) is 1. The highest BCUT2D eigenvalue weighted by Gasteiger charge is 2.46. The van der Waals surface area contributed by atoms with Crippen molar-refractivity contribution in [2.24, 2.45) is 5.92 Å². The summed E-state index contributed by atoms with van der Waals surface area (Å²) in [6.45, 7) is 0.574. The van der Waals surface area contributed by atoms with Gasteiger partial charge in [-0.05, 0) is 31.4 Å². The van der Waals surface area contributed by atoms with Gasteiger partial charge in [-0.2, -0.15) is 18.2 Å². The lowest BCUT2D eigenvalue weighted by Gasteiger charge is -2.21. The summed E-state index contributed by atoms with van der Waals surface area (Å²) in [4.78, 5) is 18.2. The number of benzene rings is 1. The van der Waals surface area contributed by atoms with Crippen LogP contribution >= 0.6 is 0 Å². The first-order valence-corrected chi connectivity index (χ1v) is 11.0. The zero-order valence-corrected chi connectivity index (χ0v) is 18.4. The maximum Gasteiger partial charge on any atom is 0.396 e. The number of oxazole rings is 1. The molecule has 4 rings (SSSR count). The van der Waals surface area contributed by atoms with Crippen LogP contribution in [0.3, 0.4) is 0 Å². The zero-order chi connectivity index (χ0) is 25.4. The van der Waals surface area contributed by atoms with Crippen molar-refractivity contribution in [2.45, 2.75) is 50.3 Å². The van der Waals surface area contributed by atoms with Gasteiger partial charge in [0.05, 0.1) is 0 Å². The SMILES string of the molecule is O=C(Nc1ccc(OC2CCCC2(F)F)c(F)c1)c1nc(N2CCC(CO)C2)oc1CC(F)(F)F. The smallest absolute Gasteiger partial charge is 0.396 e. The predicted octanol–water partition coefficient (Wildman–Crippen LogP) is 4.56. The molecule has 192 valence electrons. The Morgan fingerprint density at radius 3 is 2.69 bits per heavy atom. The van der Waals surface area contributed by atoms with Crippen molar-refractivity contribution in [3.63, 3.8) is 0 Å². The first-order chi connectivity index (χ1) is 16.4. The summed E-state index contributed by atoms with van der Waals surface area (Å²) < 4.78 is 91.5. The molecule has 13 heteroatoms. The maximum absolute atomic E-state index is 14.5. The van der Waals surface area contributed by atoms with Crippen LogP contribution in [0.1, 0.15) is 41.9 Å². The number of carbonyl (C=O) groups excluding carboxylic acids is 1. The van der Waals surface area contributed by atoms with Crippen molar-refractivity contribution < 1.29 is 45.4 Å². The molecule has 1 aliphatic heterocycles. The van der Waals surface area contributed by atoms with Crippen molar-refractivity contribution in [3.05, 3.63) is 35.5 Å². The zero-order valence-electron chi connectivity index (χ0n) is 18.4. The third kappa shape index (κ3) is 5.82. The van der Waals surface area contributed by atoms with Crippen LogP contribution in [0.4, 0.5) is 38.0 Å². The van der Waals surface area contributed by atoms with Gasteiger partial charge in [-0.1, -0.05) is 0 Å². The number of halogens is 6. The van der Waals surface area contributed by atoms with Gasteiger partial charge in [0.1, 0.15) is 12.2 Å². The molecule has 1 amide bonds. The number of carbonyl (C=O) groups is 1. The quantitative estimate of drug-likeness (QED) is 0.535. The minimum Gasteiger partial charge on any atom is -0.481 e. The van der Waals surface area contributed by atoms with Gasteiger partial charge in [-0.25, -0.2) is 13.2 Å². The van der Waals surface area contributed by atoms with E-state index in [-0.39, 0.29) is 43.5 Å². The molecule has 7 nitrogen and oxygen atoms in total. The van der Waals surface area contributed by atoms with Crippen molar-refractivity contribution in [3.8, 4) is 5.75 Å². The van der Waals surface area contributed by atoms with Crippen molar-refractivity contribution in [2.75, 3.05) is 29.9 Å². The molecule has 2 fully saturated rings. The third-order valence-corrected chi connectivity index (χ3v) is 5.98. The second-order valence-corrected chi connectivity index (χ2v) is 8.70. The van der Waals surface area contributed by atoms with Crippen LogP contribution in [0.5, 0.6) is 5.75 Å². The van der Waals surface area contributed by atoms with E-state index in [9.17, 15) is 36.2 Å². The van der Waals surface area contributed by atoms with E-state index in [1.54, 1.807) is 0 Å². The maximum atomic E-state index is 14.5. The molecule has 0 spiro atoms. The van der Waals surface area contributed by atoms with Gasteiger partial charge in [0.25, 0.3) is 17.8 Å².